The maximum Gasteiger partial charge on any atom is 0.193 e. The lowest BCUT2D eigenvalue weighted by Gasteiger charge is -2.39. The van der Waals surface area contributed by atoms with Crippen molar-refractivity contribution in [1.29, 1.82) is 0 Å². The van der Waals surface area contributed by atoms with Gasteiger partial charge in [0.25, 0.3) is 0 Å². The van der Waals surface area contributed by atoms with Crippen LogP contribution in [0.15, 0.2) is 0 Å². The summed E-state index contributed by atoms with van der Waals surface area (Å²) in [6, 6.07) is 0. The lowest BCUT2D eigenvalue weighted by atomic mass is 11.3. The minimum atomic E-state index is -1.26. The molecule has 0 radical (unpaired) electrons. The van der Waals surface area contributed by atoms with Gasteiger partial charge in [-0.1, -0.05) is 0 Å². The van der Waals surface area contributed by atoms with E-state index in [1.807, 2.05) is 0 Å². The van der Waals surface area contributed by atoms with Crippen molar-refractivity contribution < 1.29 is 0 Å². The zero-order chi connectivity index (χ0) is 9.94. The fourth-order valence-electron chi connectivity index (χ4n) is 0.939. The Hall–Kier alpha value is 0.314. The number of hydrogen-bond acceptors (Lipinski definition) is 3. The standard InChI is InChI=1S/C7H23N3Si2/c1-8(2)11-10(5)12(6,7)9(3)4/h11H2,1-7H3. The van der Waals surface area contributed by atoms with Crippen LogP contribution in [0.25, 0.3) is 0 Å². The highest BCUT2D eigenvalue weighted by Gasteiger charge is 2.29. The van der Waals surface area contributed by atoms with Crippen LogP contribution in [0.1, 0.15) is 0 Å². The average molecular weight is 205 g/mol. The first-order valence-electron chi connectivity index (χ1n) is 4.32. The second kappa shape index (κ2) is 4.52. The topological polar surface area (TPSA) is 9.72 Å². The Bertz CT molecular complexity index is 137. The third-order valence-electron chi connectivity index (χ3n) is 2.52. The van der Waals surface area contributed by atoms with Crippen LogP contribution in [0.4, 0.5) is 0 Å². The summed E-state index contributed by atoms with van der Waals surface area (Å²) in [4.78, 5) is 0. The van der Waals surface area contributed by atoms with Crippen LogP contribution in [0, 0.1) is 0 Å². The molecule has 3 nitrogen and oxygen atoms in total. The maximum absolute atomic E-state index is 2.59. The summed E-state index contributed by atoms with van der Waals surface area (Å²) in [6.07, 6.45) is 0. The van der Waals surface area contributed by atoms with Crippen molar-refractivity contribution in [1.82, 2.24) is 13.4 Å². The first-order valence-corrected chi connectivity index (χ1v) is 8.48. The molecule has 0 atom stereocenters. The van der Waals surface area contributed by atoms with Gasteiger partial charge >= 0.3 is 0 Å². The van der Waals surface area contributed by atoms with Crippen molar-refractivity contribution in [3.8, 4) is 0 Å². The SMILES string of the molecule is CN(C)[SiH2]N(C)[Si](C)(C)N(C)C. The van der Waals surface area contributed by atoms with E-state index in [1.54, 1.807) is 0 Å². The van der Waals surface area contributed by atoms with Crippen LogP contribution in [-0.2, 0) is 0 Å². The van der Waals surface area contributed by atoms with Gasteiger partial charge in [-0.2, -0.15) is 0 Å². The summed E-state index contributed by atoms with van der Waals surface area (Å²) in [6.45, 7) is 4.78. The summed E-state index contributed by atoms with van der Waals surface area (Å²) >= 11 is 0. The molecule has 74 valence electrons. The molecule has 0 aromatic rings. The zero-order valence-electron chi connectivity index (χ0n) is 9.55. The smallest absolute Gasteiger partial charge is 0.193 e. The summed E-state index contributed by atoms with van der Waals surface area (Å²) in [5, 5.41) is 0. The molecule has 0 saturated heterocycles. The molecule has 0 aromatic carbocycles. The monoisotopic (exact) mass is 205 g/mol. The van der Waals surface area contributed by atoms with Crippen molar-refractivity contribution in [2.24, 2.45) is 0 Å². The fraction of sp³-hybridized carbons (Fsp3) is 1.00. The van der Waals surface area contributed by atoms with Crippen LogP contribution in [0.5, 0.6) is 0 Å². The molecule has 0 aliphatic heterocycles. The van der Waals surface area contributed by atoms with Gasteiger partial charge in [0.1, 0.15) is 0 Å². The molecule has 0 amide bonds. The van der Waals surface area contributed by atoms with Crippen molar-refractivity contribution in [2.75, 3.05) is 35.2 Å². The van der Waals surface area contributed by atoms with Gasteiger partial charge in [0.2, 0.25) is 0 Å². The molecule has 0 aliphatic rings. The van der Waals surface area contributed by atoms with Crippen LogP contribution in [0.3, 0.4) is 0 Å². The van der Waals surface area contributed by atoms with Crippen LogP contribution in [-0.4, -0.2) is 66.8 Å². The fourth-order valence-corrected chi connectivity index (χ4v) is 5.55. The molecule has 0 saturated carbocycles. The molecule has 12 heavy (non-hydrogen) atoms. The van der Waals surface area contributed by atoms with E-state index in [2.05, 4.69) is 61.7 Å². The molecule has 0 spiro atoms. The Kier molecular flexibility index (Phi) is 4.64. The van der Waals surface area contributed by atoms with E-state index in [-0.39, 0.29) is 9.84 Å². The van der Waals surface area contributed by atoms with Gasteiger partial charge in [-0.3, -0.25) is 0 Å². The first-order chi connectivity index (χ1) is 5.28. The third-order valence-corrected chi connectivity index (χ3v) is 10.3. The van der Waals surface area contributed by atoms with Gasteiger partial charge < -0.3 is 13.4 Å². The van der Waals surface area contributed by atoms with E-state index in [0.717, 1.165) is 0 Å². The Morgan fingerprint density at radius 2 is 1.33 bits per heavy atom. The van der Waals surface area contributed by atoms with Gasteiger partial charge in [-0.15, -0.1) is 0 Å². The Labute approximate surface area is 80.5 Å². The van der Waals surface area contributed by atoms with Gasteiger partial charge in [0, 0.05) is 0 Å². The van der Waals surface area contributed by atoms with E-state index in [1.165, 1.54) is 0 Å². The van der Waals surface area contributed by atoms with Crippen LogP contribution < -0.4 is 0 Å². The summed E-state index contributed by atoms with van der Waals surface area (Å²) in [7, 11) is 9.53. The Morgan fingerprint density at radius 3 is 1.58 bits per heavy atom. The number of nitrogens with zero attached hydrogens (tertiary/aromatic N) is 3. The van der Waals surface area contributed by atoms with Crippen LogP contribution in [0.2, 0.25) is 13.1 Å². The summed E-state index contributed by atoms with van der Waals surface area (Å²) < 4.78 is 7.33. The lowest BCUT2D eigenvalue weighted by molar-refractivity contribution is 0.523. The Morgan fingerprint density at radius 1 is 0.917 bits per heavy atom. The maximum atomic E-state index is 2.59. The highest BCUT2D eigenvalue weighted by Crippen LogP contribution is 2.08. The molecule has 0 heterocycles. The zero-order valence-corrected chi connectivity index (χ0v) is 12.0. The van der Waals surface area contributed by atoms with E-state index < -0.39 is 8.40 Å². The molecule has 0 unspecified atom stereocenters. The lowest BCUT2D eigenvalue weighted by Crippen LogP contribution is -2.60. The molecule has 0 rings (SSSR count). The van der Waals surface area contributed by atoms with Gasteiger partial charge in [0.05, 0.1) is 0 Å². The predicted molar refractivity (Wildman–Crippen MR) is 61.2 cm³/mol. The second-order valence-electron chi connectivity index (χ2n) is 4.31. The summed E-state index contributed by atoms with van der Waals surface area (Å²) in [5.41, 5.74) is 0. The molecule has 5 heteroatoms. The molecule has 0 fully saturated rings. The minimum Gasteiger partial charge on any atom is -0.329 e. The molecular weight excluding hydrogens is 182 g/mol. The van der Waals surface area contributed by atoms with E-state index in [0.29, 0.717) is 0 Å². The van der Waals surface area contributed by atoms with E-state index in [4.69, 9.17) is 0 Å². The first kappa shape index (κ1) is 12.3. The number of rotatable bonds is 4. The van der Waals surface area contributed by atoms with Gasteiger partial charge in [0.15, 0.2) is 18.2 Å². The summed E-state index contributed by atoms with van der Waals surface area (Å²) in [5.74, 6) is 0. The van der Waals surface area contributed by atoms with E-state index >= 15 is 0 Å². The predicted octanol–water partition coefficient (Wildman–Crippen LogP) is -0.258. The number of hydrogen-bond donors (Lipinski definition) is 0. The largest absolute Gasteiger partial charge is 0.329 e. The minimum absolute atomic E-state index is 0.190. The van der Waals surface area contributed by atoms with Crippen molar-refractivity contribution in [3.63, 3.8) is 0 Å². The van der Waals surface area contributed by atoms with Crippen LogP contribution >= 0.6 is 0 Å². The molecular formula is C7H23N3Si2. The van der Waals surface area contributed by atoms with Gasteiger partial charge in [-0.05, 0) is 48.3 Å². The van der Waals surface area contributed by atoms with Crippen molar-refractivity contribution in [3.05, 3.63) is 0 Å². The molecule has 0 bridgehead atoms. The normalized spacial score (nSPS) is 14.5. The Balaban J connectivity index is 4.15. The van der Waals surface area contributed by atoms with Crippen molar-refractivity contribution in [2.45, 2.75) is 13.1 Å². The molecule has 0 aromatic heterocycles. The van der Waals surface area contributed by atoms with E-state index in [9.17, 15) is 0 Å². The highest BCUT2D eigenvalue weighted by atomic mass is 28.4. The van der Waals surface area contributed by atoms with Gasteiger partial charge in [-0.25, -0.2) is 0 Å². The van der Waals surface area contributed by atoms with Crippen molar-refractivity contribution >= 4 is 18.2 Å². The average Bonchev–Trinajstić information content (AvgIpc) is 1.85. The quantitative estimate of drug-likeness (QED) is 0.586. The second-order valence-corrected chi connectivity index (χ2v) is 12.1. The molecule has 0 N–H and O–H groups in total. The molecule has 0 aliphatic carbocycles. The third kappa shape index (κ3) is 3.36. The highest BCUT2D eigenvalue weighted by molar-refractivity contribution is 6.77.